The van der Waals surface area contributed by atoms with Crippen molar-refractivity contribution in [3.8, 4) is 0 Å². The van der Waals surface area contributed by atoms with E-state index < -0.39 is 6.10 Å². The molecule has 0 aliphatic heterocycles. The second-order valence-electron chi connectivity index (χ2n) is 3.63. The van der Waals surface area contributed by atoms with Gasteiger partial charge in [-0.1, -0.05) is 0 Å². The van der Waals surface area contributed by atoms with E-state index in [2.05, 4.69) is 20.9 Å². The van der Waals surface area contributed by atoms with Crippen LogP contribution in [0.2, 0.25) is 0 Å². The molecule has 0 saturated heterocycles. The lowest BCUT2D eigenvalue weighted by atomic mass is 10.2. The van der Waals surface area contributed by atoms with Gasteiger partial charge in [0.1, 0.15) is 0 Å². The molecule has 86 valence electrons. The van der Waals surface area contributed by atoms with E-state index in [4.69, 9.17) is 0 Å². The first kappa shape index (κ1) is 12.2. The molecule has 0 aliphatic rings. The molecule has 2 heterocycles. The third-order valence-electron chi connectivity index (χ3n) is 2.27. The van der Waals surface area contributed by atoms with Gasteiger partial charge >= 0.3 is 0 Å². The van der Waals surface area contributed by atoms with Crippen molar-refractivity contribution in [3.05, 3.63) is 36.4 Å². The summed E-state index contributed by atoms with van der Waals surface area (Å²) >= 11 is 6.71. The zero-order valence-corrected chi connectivity index (χ0v) is 12.2. The zero-order chi connectivity index (χ0) is 11.7. The SMILES string of the molecule is Cc1nc(CC(O)c2cc(Br)c(C)s2)cs1. The van der Waals surface area contributed by atoms with Crippen LogP contribution in [-0.2, 0) is 6.42 Å². The van der Waals surface area contributed by atoms with Crippen LogP contribution in [0.1, 0.15) is 26.6 Å². The highest BCUT2D eigenvalue weighted by atomic mass is 79.9. The number of rotatable bonds is 3. The van der Waals surface area contributed by atoms with Crippen LogP contribution < -0.4 is 0 Å². The Kier molecular flexibility index (Phi) is 3.79. The lowest BCUT2D eigenvalue weighted by molar-refractivity contribution is 0.181. The summed E-state index contributed by atoms with van der Waals surface area (Å²) in [6.45, 7) is 4.02. The maximum Gasteiger partial charge on any atom is 0.0938 e. The smallest absolute Gasteiger partial charge is 0.0938 e. The van der Waals surface area contributed by atoms with Gasteiger partial charge < -0.3 is 5.11 Å². The van der Waals surface area contributed by atoms with Crippen molar-refractivity contribution < 1.29 is 5.11 Å². The second-order valence-corrected chi connectivity index (χ2v) is 6.84. The van der Waals surface area contributed by atoms with Crippen molar-refractivity contribution in [1.29, 1.82) is 0 Å². The quantitative estimate of drug-likeness (QED) is 0.932. The predicted molar refractivity (Wildman–Crippen MR) is 72.3 cm³/mol. The fourth-order valence-electron chi connectivity index (χ4n) is 1.45. The number of halogens is 1. The molecule has 1 atom stereocenters. The summed E-state index contributed by atoms with van der Waals surface area (Å²) in [6, 6.07) is 1.99. The average Bonchev–Trinajstić information content (AvgIpc) is 2.75. The first-order valence-corrected chi connectivity index (χ1v) is 7.40. The Balaban J connectivity index is 2.11. The number of aliphatic hydroxyl groups excluding tert-OH is 1. The molecule has 0 fully saturated rings. The second kappa shape index (κ2) is 4.96. The summed E-state index contributed by atoms with van der Waals surface area (Å²) in [7, 11) is 0. The van der Waals surface area contributed by atoms with Crippen molar-refractivity contribution in [1.82, 2.24) is 4.98 Å². The summed E-state index contributed by atoms with van der Waals surface area (Å²) in [4.78, 5) is 6.55. The number of hydrogen-bond acceptors (Lipinski definition) is 4. The summed E-state index contributed by atoms with van der Waals surface area (Å²) in [5.41, 5.74) is 0.970. The van der Waals surface area contributed by atoms with Crippen LogP contribution in [0.3, 0.4) is 0 Å². The summed E-state index contributed by atoms with van der Waals surface area (Å²) in [5, 5.41) is 13.1. The van der Waals surface area contributed by atoms with Crippen molar-refractivity contribution >= 4 is 38.6 Å². The summed E-state index contributed by atoms with van der Waals surface area (Å²) in [6.07, 6.45) is 0.146. The van der Waals surface area contributed by atoms with E-state index in [1.807, 2.05) is 25.3 Å². The lowest BCUT2D eigenvalue weighted by Crippen LogP contribution is -1.99. The highest BCUT2D eigenvalue weighted by Crippen LogP contribution is 2.32. The number of hydrogen-bond donors (Lipinski definition) is 1. The van der Waals surface area contributed by atoms with E-state index in [0.717, 1.165) is 20.1 Å². The van der Waals surface area contributed by atoms with Crippen molar-refractivity contribution in [3.63, 3.8) is 0 Å². The largest absolute Gasteiger partial charge is 0.387 e. The van der Waals surface area contributed by atoms with E-state index in [0.29, 0.717) is 6.42 Å². The molecular weight excluding hydrogens is 306 g/mol. The van der Waals surface area contributed by atoms with Gasteiger partial charge in [0.2, 0.25) is 0 Å². The predicted octanol–water partition coefficient (Wildman–Crippen LogP) is 3.86. The first-order valence-electron chi connectivity index (χ1n) is 4.91. The third kappa shape index (κ3) is 2.71. The van der Waals surface area contributed by atoms with Gasteiger partial charge in [-0.2, -0.15) is 0 Å². The van der Waals surface area contributed by atoms with E-state index in [1.54, 1.807) is 22.7 Å². The maximum absolute atomic E-state index is 10.1. The Hall–Kier alpha value is -0.230. The fourth-order valence-corrected chi connectivity index (χ4v) is 3.62. The molecule has 0 spiro atoms. The van der Waals surface area contributed by atoms with E-state index >= 15 is 0 Å². The number of thiazole rings is 1. The van der Waals surface area contributed by atoms with Gasteiger partial charge in [0.25, 0.3) is 0 Å². The zero-order valence-electron chi connectivity index (χ0n) is 9.03. The van der Waals surface area contributed by atoms with E-state index in [1.165, 1.54) is 4.88 Å². The number of thiophene rings is 1. The maximum atomic E-state index is 10.1. The molecule has 2 rings (SSSR count). The van der Waals surface area contributed by atoms with E-state index in [9.17, 15) is 5.11 Å². The minimum Gasteiger partial charge on any atom is -0.387 e. The van der Waals surface area contributed by atoms with Gasteiger partial charge in [-0.25, -0.2) is 4.98 Å². The Morgan fingerprint density at radius 2 is 2.25 bits per heavy atom. The van der Waals surface area contributed by atoms with Gasteiger partial charge in [-0.3, -0.25) is 0 Å². The molecule has 0 aliphatic carbocycles. The Labute approximate surface area is 111 Å². The minimum absolute atomic E-state index is 0.448. The van der Waals surface area contributed by atoms with Gasteiger partial charge in [0.15, 0.2) is 0 Å². The van der Waals surface area contributed by atoms with Gasteiger partial charge in [0, 0.05) is 26.0 Å². The molecule has 0 radical (unpaired) electrons. The Morgan fingerprint density at radius 3 is 2.75 bits per heavy atom. The van der Waals surface area contributed by atoms with Crippen LogP contribution in [0.4, 0.5) is 0 Å². The van der Waals surface area contributed by atoms with Gasteiger partial charge in [-0.15, -0.1) is 22.7 Å². The van der Waals surface area contributed by atoms with Gasteiger partial charge in [-0.05, 0) is 35.8 Å². The third-order valence-corrected chi connectivity index (χ3v) is 5.33. The number of aryl methyl sites for hydroxylation is 2. The lowest BCUT2D eigenvalue weighted by Gasteiger charge is -2.05. The molecule has 1 unspecified atom stereocenters. The Morgan fingerprint density at radius 1 is 1.50 bits per heavy atom. The normalized spacial score (nSPS) is 13.0. The molecule has 2 nitrogen and oxygen atoms in total. The van der Waals surface area contributed by atoms with Gasteiger partial charge in [0.05, 0.1) is 16.8 Å². The molecule has 1 N–H and O–H groups in total. The average molecular weight is 318 g/mol. The molecule has 2 aromatic heterocycles. The van der Waals surface area contributed by atoms with E-state index in [-0.39, 0.29) is 0 Å². The first-order chi connectivity index (χ1) is 7.56. The molecule has 0 saturated carbocycles. The molecule has 5 heteroatoms. The monoisotopic (exact) mass is 317 g/mol. The van der Waals surface area contributed by atoms with Crippen LogP contribution >= 0.6 is 38.6 Å². The van der Waals surface area contributed by atoms with Crippen LogP contribution in [0.5, 0.6) is 0 Å². The molecular formula is C11H12BrNOS2. The fraction of sp³-hybridized carbons (Fsp3) is 0.364. The van der Waals surface area contributed by atoms with Crippen molar-refractivity contribution in [2.24, 2.45) is 0 Å². The van der Waals surface area contributed by atoms with Crippen molar-refractivity contribution in [2.75, 3.05) is 0 Å². The summed E-state index contributed by atoms with van der Waals surface area (Å²) < 4.78 is 1.07. The number of aliphatic hydroxyl groups is 1. The summed E-state index contributed by atoms with van der Waals surface area (Å²) in [5.74, 6) is 0. The van der Waals surface area contributed by atoms with Crippen LogP contribution in [0.15, 0.2) is 15.9 Å². The van der Waals surface area contributed by atoms with Crippen molar-refractivity contribution in [2.45, 2.75) is 26.4 Å². The molecule has 0 bridgehead atoms. The topological polar surface area (TPSA) is 33.1 Å². The molecule has 0 amide bonds. The Bertz CT molecular complexity index is 472. The number of aromatic nitrogens is 1. The highest BCUT2D eigenvalue weighted by Gasteiger charge is 2.14. The molecule has 2 aromatic rings. The van der Waals surface area contributed by atoms with Crippen LogP contribution in [0, 0.1) is 13.8 Å². The molecule has 16 heavy (non-hydrogen) atoms. The minimum atomic E-state index is -0.448. The number of nitrogens with zero attached hydrogens (tertiary/aromatic N) is 1. The van der Waals surface area contributed by atoms with Crippen LogP contribution in [0.25, 0.3) is 0 Å². The highest BCUT2D eigenvalue weighted by molar-refractivity contribution is 9.10. The van der Waals surface area contributed by atoms with Crippen LogP contribution in [-0.4, -0.2) is 10.1 Å². The standard InChI is InChI=1S/C11H12BrNOS2/c1-6-9(12)4-11(16-6)10(14)3-8-5-15-7(2)13-8/h4-5,10,14H,3H2,1-2H3. The molecule has 0 aromatic carbocycles.